The van der Waals surface area contributed by atoms with Crippen LogP contribution in [0.3, 0.4) is 0 Å². The largest absolute Gasteiger partial charge is 0.493 e. The lowest BCUT2D eigenvalue weighted by Crippen LogP contribution is -2.24. The second kappa shape index (κ2) is 6.74. The molecule has 124 valence electrons. The summed E-state index contributed by atoms with van der Waals surface area (Å²) >= 11 is 0. The van der Waals surface area contributed by atoms with Gasteiger partial charge in [0.25, 0.3) is 5.91 Å². The van der Waals surface area contributed by atoms with Crippen molar-refractivity contribution in [3.8, 4) is 11.5 Å². The summed E-state index contributed by atoms with van der Waals surface area (Å²) in [4.78, 5) is 12.6. The van der Waals surface area contributed by atoms with Crippen LogP contribution in [0.2, 0.25) is 0 Å². The molecule has 0 saturated heterocycles. The Kier molecular flexibility index (Phi) is 4.51. The lowest BCUT2D eigenvalue weighted by Gasteiger charge is -2.13. The van der Waals surface area contributed by atoms with Crippen LogP contribution in [-0.4, -0.2) is 37.4 Å². The van der Waals surface area contributed by atoms with E-state index in [4.69, 9.17) is 9.47 Å². The van der Waals surface area contributed by atoms with Gasteiger partial charge in [-0.05, 0) is 36.8 Å². The van der Waals surface area contributed by atoms with Crippen LogP contribution in [0, 0.1) is 6.92 Å². The fraction of sp³-hybridized carbons (Fsp3) is 0.263. The van der Waals surface area contributed by atoms with Crippen LogP contribution in [-0.2, 0) is 0 Å². The van der Waals surface area contributed by atoms with Crippen LogP contribution < -0.4 is 9.47 Å². The Hall–Kier alpha value is -2.82. The van der Waals surface area contributed by atoms with Crippen molar-refractivity contribution in [1.82, 2.24) is 5.01 Å². The van der Waals surface area contributed by atoms with Crippen molar-refractivity contribution in [2.45, 2.75) is 13.3 Å². The summed E-state index contributed by atoms with van der Waals surface area (Å²) in [5.74, 6) is 1.26. The van der Waals surface area contributed by atoms with Gasteiger partial charge < -0.3 is 9.47 Å². The Morgan fingerprint density at radius 3 is 2.54 bits per heavy atom. The zero-order valence-electron chi connectivity index (χ0n) is 14.1. The van der Waals surface area contributed by atoms with Crippen molar-refractivity contribution in [3.63, 3.8) is 0 Å². The zero-order chi connectivity index (χ0) is 17.1. The van der Waals surface area contributed by atoms with E-state index in [0.717, 1.165) is 16.8 Å². The number of hydrogen-bond donors (Lipinski definition) is 0. The number of hydrogen-bond acceptors (Lipinski definition) is 4. The molecule has 24 heavy (non-hydrogen) atoms. The minimum absolute atomic E-state index is 0.0661. The molecule has 0 N–H and O–H groups in total. The number of methoxy groups -OCH3 is 2. The number of carbonyl (C=O) groups is 1. The highest BCUT2D eigenvalue weighted by atomic mass is 16.5. The van der Waals surface area contributed by atoms with Crippen molar-refractivity contribution in [2.24, 2.45) is 5.10 Å². The third kappa shape index (κ3) is 2.97. The lowest BCUT2D eigenvalue weighted by molar-refractivity contribution is 0.0777. The van der Waals surface area contributed by atoms with Gasteiger partial charge in [-0.2, -0.15) is 5.10 Å². The molecule has 1 heterocycles. The average Bonchev–Trinajstić information content (AvgIpc) is 3.11. The Balaban J connectivity index is 1.86. The summed E-state index contributed by atoms with van der Waals surface area (Å²) in [6, 6.07) is 13.2. The van der Waals surface area contributed by atoms with E-state index < -0.39 is 0 Å². The normalized spacial score (nSPS) is 13.6. The van der Waals surface area contributed by atoms with Gasteiger partial charge in [-0.3, -0.25) is 4.79 Å². The third-order valence-corrected chi connectivity index (χ3v) is 4.13. The summed E-state index contributed by atoms with van der Waals surface area (Å²) in [7, 11) is 3.21. The second-order valence-electron chi connectivity index (χ2n) is 5.61. The predicted molar refractivity (Wildman–Crippen MR) is 92.9 cm³/mol. The number of ether oxygens (including phenoxy) is 2. The van der Waals surface area contributed by atoms with E-state index in [9.17, 15) is 4.79 Å². The maximum absolute atomic E-state index is 12.6. The summed E-state index contributed by atoms with van der Waals surface area (Å²) in [5.41, 5.74) is 3.46. The van der Waals surface area contributed by atoms with Gasteiger partial charge in [0.05, 0.1) is 26.5 Å². The van der Waals surface area contributed by atoms with Crippen LogP contribution in [0.4, 0.5) is 0 Å². The van der Waals surface area contributed by atoms with Crippen molar-refractivity contribution in [3.05, 3.63) is 59.2 Å². The molecule has 0 unspecified atom stereocenters. The highest BCUT2D eigenvalue weighted by molar-refractivity contribution is 6.05. The van der Waals surface area contributed by atoms with E-state index in [1.54, 1.807) is 14.2 Å². The molecule has 0 bridgehead atoms. The first-order chi connectivity index (χ1) is 11.6. The van der Waals surface area contributed by atoms with Gasteiger partial charge in [0, 0.05) is 17.5 Å². The summed E-state index contributed by atoms with van der Waals surface area (Å²) < 4.78 is 10.6. The van der Waals surface area contributed by atoms with E-state index in [1.807, 2.05) is 49.4 Å². The molecule has 0 fully saturated rings. The van der Waals surface area contributed by atoms with Crippen LogP contribution >= 0.6 is 0 Å². The molecule has 0 atom stereocenters. The first kappa shape index (κ1) is 16.1. The van der Waals surface area contributed by atoms with Crippen molar-refractivity contribution >= 4 is 11.6 Å². The number of nitrogens with zero attached hydrogens (tertiary/aromatic N) is 2. The molecule has 1 aliphatic heterocycles. The number of hydrazone groups is 1. The molecule has 5 nitrogen and oxygen atoms in total. The van der Waals surface area contributed by atoms with E-state index in [1.165, 1.54) is 5.01 Å². The predicted octanol–water partition coefficient (Wildman–Crippen LogP) is 3.26. The molecular formula is C19H20N2O3. The minimum atomic E-state index is -0.0661. The number of rotatable bonds is 4. The van der Waals surface area contributed by atoms with Crippen LogP contribution in [0.15, 0.2) is 47.6 Å². The van der Waals surface area contributed by atoms with Crippen LogP contribution in [0.5, 0.6) is 11.5 Å². The summed E-state index contributed by atoms with van der Waals surface area (Å²) in [6.45, 7) is 2.51. The maximum Gasteiger partial charge on any atom is 0.274 e. The monoisotopic (exact) mass is 324 g/mol. The Labute approximate surface area is 141 Å². The van der Waals surface area contributed by atoms with Gasteiger partial charge >= 0.3 is 0 Å². The second-order valence-corrected chi connectivity index (χ2v) is 5.61. The quantitative estimate of drug-likeness (QED) is 0.867. The van der Waals surface area contributed by atoms with E-state index in [2.05, 4.69) is 5.10 Å². The summed E-state index contributed by atoms with van der Waals surface area (Å²) in [6.07, 6.45) is 0.715. The fourth-order valence-corrected chi connectivity index (χ4v) is 2.77. The number of amides is 1. The van der Waals surface area contributed by atoms with Gasteiger partial charge in [-0.25, -0.2) is 5.01 Å². The maximum atomic E-state index is 12.6. The molecule has 0 aliphatic carbocycles. The molecule has 0 spiro atoms. The molecule has 1 aliphatic rings. The molecule has 5 heteroatoms. The summed E-state index contributed by atoms with van der Waals surface area (Å²) in [5, 5.41) is 6.05. The highest BCUT2D eigenvalue weighted by Gasteiger charge is 2.24. The van der Waals surface area contributed by atoms with Crippen molar-refractivity contribution < 1.29 is 14.3 Å². The van der Waals surface area contributed by atoms with E-state index >= 15 is 0 Å². The molecule has 0 radical (unpaired) electrons. The molecular weight excluding hydrogens is 304 g/mol. The van der Waals surface area contributed by atoms with Gasteiger partial charge in [-0.1, -0.05) is 18.2 Å². The zero-order valence-corrected chi connectivity index (χ0v) is 14.1. The number of carbonyl (C=O) groups excluding carboxylic acids is 1. The smallest absolute Gasteiger partial charge is 0.274 e. The van der Waals surface area contributed by atoms with Crippen LogP contribution in [0.25, 0.3) is 0 Å². The lowest BCUT2D eigenvalue weighted by atomic mass is 10.1. The first-order valence-electron chi connectivity index (χ1n) is 7.81. The topological polar surface area (TPSA) is 51.1 Å². The molecule has 2 aromatic carbocycles. The SMILES string of the molecule is COc1ccc(C2=NN(C(=O)c3ccccc3C)CC2)cc1OC. The van der Waals surface area contributed by atoms with Crippen LogP contribution in [0.1, 0.15) is 27.9 Å². The average molecular weight is 324 g/mol. The highest BCUT2D eigenvalue weighted by Crippen LogP contribution is 2.29. The number of aryl methyl sites for hydroxylation is 1. The molecule has 1 amide bonds. The molecule has 2 aromatic rings. The number of benzene rings is 2. The third-order valence-electron chi connectivity index (χ3n) is 4.13. The van der Waals surface area contributed by atoms with E-state index in [-0.39, 0.29) is 5.91 Å². The van der Waals surface area contributed by atoms with Gasteiger partial charge in [0.15, 0.2) is 11.5 Å². The fourth-order valence-electron chi connectivity index (χ4n) is 2.77. The van der Waals surface area contributed by atoms with Gasteiger partial charge in [0.1, 0.15) is 0 Å². The Morgan fingerprint density at radius 2 is 1.83 bits per heavy atom. The molecule has 3 rings (SSSR count). The Bertz CT molecular complexity index is 799. The molecule has 0 saturated carbocycles. The standard InChI is InChI=1S/C19H20N2O3/c1-13-6-4-5-7-15(13)19(22)21-11-10-16(20-21)14-8-9-17(23-2)18(12-14)24-3/h4-9,12H,10-11H2,1-3H3. The minimum Gasteiger partial charge on any atom is -0.493 e. The first-order valence-corrected chi connectivity index (χ1v) is 7.81. The van der Waals surface area contributed by atoms with E-state index in [0.29, 0.717) is 30.0 Å². The Morgan fingerprint density at radius 1 is 1.08 bits per heavy atom. The molecule has 0 aromatic heterocycles. The van der Waals surface area contributed by atoms with Crippen molar-refractivity contribution in [1.29, 1.82) is 0 Å². The van der Waals surface area contributed by atoms with Gasteiger partial charge in [0.2, 0.25) is 0 Å². The van der Waals surface area contributed by atoms with Crippen molar-refractivity contribution in [2.75, 3.05) is 20.8 Å². The van der Waals surface area contributed by atoms with Gasteiger partial charge in [-0.15, -0.1) is 0 Å².